The van der Waals surface area contributed by atoms with E-state index in [0.717, 1.165) is 18.9 Å². The van der Waals surface area contributed by atoms with E-state index < -0.39 is 0 Å². The Bertz CT molecular complexity index is 225. The zero-order valence-corrected chi connectivity index (χ0v) is 11.1. The molecule has 3 nitrogen and oxygen atoms in total. The average molecular weight is 225 g/mol. The lowest BCUT2D eigenvalue weighted by atomic mass is 10.0. The summed E-state index contributed by atoms with van der Waals surface area (Å²) in [5, 5.41) is 0. The van der Waals surface area contributed by atoms with Crippen LogP contribution in [0.4, 0.5) is 0 Å². The summed E-state index contributed by atoms with van der Waals surface area (Å²) in [6, 6.07) is 1.09. The van der Waals surface area contributed by atoms with Crippen molar-refractivity contribution in [2.45, 2.75) is 71.4 Å². The normalized spacial score (nSPS) is 22.3. The van der Waals surface area contributed by atoms with Crippen molar-refractivity contribution >= 4 is 5.96 Å². The van der Waals surface area contributed by atoms with Crippen LogP contribution in [0.2, 0.25) is 0 Å². The Morgan fingerprint density at radius 2 is 2.12 bits per heavy atom. The predicted molar refractivity (Wildman–Crippen MR) is 70.6 cm³/mol. The van der Waals surface area contributed by atoms with E-state index in [1.165, 1.54) is 32.1 Å². The molecular formula is C13H27N3. The second kappa shape index (κ2) is 6.77. The Morgan fingerprint density at radius 3 is 2.75 bits per heavy atom. The number of guanidine groups is 1. The SMILES string of the molecule is CCCCCCC1CN=C(N)N1C(C)CC. The van der Waals surface area contributed by atoms with Gasteiger partial charge in [0.05, 0.1) is 12.6 Å². The van der Waals surface area contributed by atoms with E-state index in [1.54, 1.807) is 0 Å². The van der Waals surface area contributed by atoms with E-state index in [1.807, 2.05) is 0 Å². The van der Waals surface area contributed by atoms with Gasteiger partial charge in [0, 0.05) is 6.04 Å². The number of rotatable bonds is 7. The van der Waals surface area contributed by atoms with Crippen LogP contribution < -0.4 is 5.73 Å². The molecule has 2 N–H and O–H groups in total. The molecule has 0 bridgehead atoms. The molecule has 0 saturated carbocycles. The molecule has 0 amide bonds. The van der Waals surface area contributed by atoms with Gasteiger partial charge in [-0.1, -0.05) is 39.5 Å². The van der Waals surface area contributed by atoms with Crippen LogP contribution in [0.15, 0.2) is 4.99 Å². The lowest BCUT2D eigenvalue weighted by Crippen LogP contribution is -2.46. The number of unbranched alkanes of at least 4 members (excludes halogenated alkanes) is 3. The van der Waals surface area contributed by atoms with Crippen molar-refractivity contribution in [2.75, 3.05) is 6.54 Å². The van der Waals surface area contributed by atoms with E-state index in [4.69, 9.17) is 5.73 Å². The van der Waals surface area contributed by atoms with Crippen molar-refractivity contribution in [3.63, 3.8) is 0 Å². The maximum absolute atomic E-state index is 5.95. The molecule has 0 radical (unpaired) electrons. The maximum atomic E-state index is 5.95. The highest BCUT2D eigenvalue weighted by atomic mass is 15.3. The van der Waals surface area contributed by atoms with Crippen molar-refractivity contribution in [3.05, 3.63) is 0 Å². The number of nitrogens with two attached hydrogens (primary N) is 1. The lowest BCUT2D eigenvalue weighted by Gasteiger charge is -2.31. The minimum Gasteiger partial charge on any atom is -0.370 e. The minimum atomic E-state index is 0.530. The van der Waals surface area contributed by atoms with E-state index >= 15 is 0 Å². The Balaban J connectivity index is 2.36. The summed E-state index contributed by atoms with van der Waals surface area (Å²) >= 11 is 0. The number of hydrogen-bond donors (Lipinski definition) is 1. The van der Waals surface area contributed by atoms with Gasteiger partial charge < -0.3 is 10.6 Å². The molecule has 3 heteroatoms. The Hall–Kier alpha value is -0.730. The third-order valence-corrected chi connectivity index (χ3v) is 3.58. The summed E-state index contributed by atoms with van der Waals surface area (Å²) < 4.78 is 0. The molecule has 1 aliphatic heterocycles. The fourth-order valence-corrected chi connectivity index (χ4v) is 2.38. The van der Waals surface area contributed by atoms with Crippen LogP contribution in [0.5, 0.6) is 0 Å². The molecular weight excluding hydrogens is 198 g/mol. The summed E-state index contributed by atoms with van der Waals surface area (Å²) in [5.41, 5.74) is 5.95. The van der Waals surface area contributed by atoms with Gasteiger partial charge in [-0.15, -0.1) is 0 Å². The van der Waals surface area contributed by atoms with Crippen LogP contribution in [0.25, 0.3) is 0 Å². The maximum Gasteiger partial charge on any atom is 0.191 e. The quantitative estimate of drug-likeness (QED) is 0.677. The molecule has 16 heavy (non-hydrogen) atoms. The lowest BCUT2D eigenvalue weighted by molar-refractivity contribution is 0.249. The molecule has 1 rings (SSSR count). The Labute approximate surface area is 100 Å². The summed E-state index contributed by atoms with van der Waals surface area (Å²) in [7, 11) is 0. The average Bonchev–Trinajstić information content (AvgIpc) is 2.65. The molecule has 0 fully saturated rings. The molecule has 0 aliphatic carbocycles. The Morgan fingerprint density at radius 1 is 1.38 bits per heavy atom. The van der Waals surface area contributed by atoms with Gasteiger partial charge in [-0.2, -0.15) is 0 Å². The second-order valence-electron chi connectivity index (χ2n) is 4.87. The van der Waals surface area contributed by atoms with E-state index in [0.29, 0.717) is 12.1 Å². The first kappa shape index (κ1) is 13.3. The fourth-order valence-electron chi connectivity index (χ4n) is 2.38. The van der Waals surface area contributed by atoms with Crippen molar-refractivity contribution in [1.29, 1.82) is 0 Å². The van der Waals surface area contributed by atoms with E-state index in [2.05, 4.69) is 30.7 Å². The molecule has 0 aromatic carbocycles. The standard InChI is InChI=1S/C13H27N3/c1-4-6-7-8-9-12-10-15-13(14)16(12)11(3)5-2/h11-12H,4-10H2,1-3H3,(H2,14,15). The summed E-state index contributed by atoms with van der Waals surface area (Å²) in [4.78, 5) is 6.71. The second-order valence-corrected chi connectivity index (χ2v) is 4.87. The van der Waals surface area contributed by atoms with Crippen molar-refractivity contribution in [2.24, 2.45) is 10.7 Å². The van der Waals surface area contributed by atoms with Gasteiger partial charge in [-0.25, -0.2) is 0 Å². The monoisotopic (exact) mass is 225 g/mol. The molecule has 2 atom stereocenters. The highest BCUT2D eigenvalue weighted by Crippen LogP contribution is 2.19. The third kappa shape index (κ3) is 3.39. The van der Waals surface area contributed by atoms with Gasteiger partial charge in [0.1, 0.15) is 0 Å². The van der Waals surface area contributed by atoms with Crippen molar-refractivity contribution < 1.29 is 0 Å². The van der Waals surface area contributed by atoms with Gasteiger partial charge in [0.25, 0.3) is 0 Å². The van der Waals surface area contributed by atoms with Crippen LogP contribution in [-0.2, 0) is 0 Å². The number of hydrogen-bond acceptors (Lipinski definition) is 3. The number of aliphatic imine (C=N–C) groups is 1. The van der Waals surface area contributed by atoms with Crippen LogP contribution in [-0.4, -0.2) is 29.5 Å². The zero-order valence-electron chi connectivity index (χ0n) is 11.1. The van der Waals surface area contributed by atoms with Crippen LogP contribution in [0.1, 0.15) is 59.3 Å². The van der Waals surface area contributed by atoms with Gasteiger partial charge in [0.2, 0.25) is 0 Å². The van der Waals surface area contributed by atoms with Crippen LogP contribution in [0.3, 0.4) is 0 Å². The van der Waals surface area contributed by atoms with E-state index in [-0.39, 0.29) is 0 Å². The smallest absolute Gasteiger partial charge is 0.191 e. The molecule has 2 unspecified atom stereocenters. The molecule has 1 heterocycles. The summed E-state index contributed by atoms with van der Waals surface area (Å²) in [6.45, 7) is 7.61. The van der Waals surface area contributed by atoms with Crippen molar-refractivity contribution in [1.82, 2.24) is 4.90 Å². The third-order valence-electron chi connectivity index (χ3n) is 3.58. The topological polar surface area (TPSA) is 41.6 Å². The van der Waals surface area contributed by atoms with Gasteiger partial charge in [0.15, 0.2) is 5.96 Å². The first-order valence-corrected chi connectivity index (χ1v) is 6.78. The summed E-state index contributed by atoms with van der Waals surface area (Å²) in [5.74, 6) is 0.759. The predicted octanol–water partition coefficient (Wildman–Crippen LogP) is 2.75. The van der Waals surface area contributed by atoms with Crippen LogP contribution >= 0.6 is 0 Å². The fraction of sp³-hybridized carbons (Fsp3) is 0.923. The molecule has 0 aromatic rings. The first-order chi connectivity index (χ1) is 7.70. The van der Waals surface area contributed by atoms with Crippen LogP contribution in [0, 0.1) is 0 Å². The number of nitrogens with zero attached hydrogens (tertiary/aromatic N) is 2. The molecule has 1 aliphatic rings. The largest absolute Gasteiger partial charge is 0.370 e. The van der Waals surface area contributed by atoms with E-state index in [9.17, 15) is 0 Å². The zero-order chi connectivity index (χ0) is 12.0. The molecule has 0 aromatic heterocycles. The summed E-state index contributed by atoms with van der Waals surface area (Å²) in [6.07, 6.45) is 7.70. The highest BCUT2D eigenvalue weighted by molar-refractivity contribution is 5.80. The first-order valence-electron chi connectivity index (χ1n) is 6.78. The Kier molecular flexibility index (Phi) is 5.64. The van der Waals surface area contributed by atoms with Gasteiger partial charge in [-0.05, 0) is 19.8 Å². The van der Waals surface area contributed by atoms with Crippen molar-refractivity contribution in [3.8, 4) is 0 Å². The minimum absolute atomic E-state index is 0.530. The van der Waals surface area contributed by atoms with Gasteiger partial charge >= 0.3 is 0 Å². The molecule has 0 spiro atoms. The highest BCUT2D eigenvalue weighted by Gasteiger charge is 2.28. The van der Waals surface area contributed by atoms with Gasteiger partial charge in [-0.3, -0.25) is 4.99 Å². The molecule has 0 saturated heterocycles. The molecule has 94 valence electrons.